The molecule has 0 aliphatic heterocycles. The lowest BCUT2D eigenvalue weighted by atomic mass is 10.1. The first kappa shape index (κ1) is 28.9. The Kier molecular flexibility index (Phi) is 28.9. The second kappa shape index (κ2) is 22.0. The first-order chi connectivity index (χ1) is 10.3. The van der Waals surface area contributed by atoms with Crippen molar-refractivity contribution in [3.05, 3.63) is 47.9 Å². The molecular formula is C21H43N. The third-order valence-electron chi connectivity index (χ3n) is 2.49. The summed E-state index contributed by atoms with van der Waals surface area (Å²) in [5.41, 5.74) is 5.08. The van der Waals surface area contributed by atoms with E-state index in [1.165, 1.54) is 16.8 Å². The van der Waals surface area contributed by atoms with Gasteiger partial charge in [-0.25, -0.2) is 0 Å². The Morgan fingerprint density at radius 1 is 0.955 bits per heavy atom. The Labute approximate surface area is 142 Å². The van der Waals surface area contributed by atoms with Gasteiger partial charge in [-0.1, -0.05) is 58.4 Å². The van der Waals surface area contributed by atoms with Crippen molar-refractivity contribution in [3.8, 4) is 0 Å². The molecule has 1 nitrogen and oxygen atoms in total. The number of allylic oxidation sites excluding steroid dienone is 5. The maximum atomic E-state index is 3.99. The molecule has 0 unspecified atom stereocenters. The first-order valence-electron chi connectivity index (χ1n) is 8.63. The Morgan fingerprint density at radius 2 is 1.32 bits per heavy atom. The van der Waals surface area contributed by atoms with Crippen LogP contribution >= 0.6 is 0 Å². The lowest BCUT2D eigenvalue weighted by Gasteiger charge is -2.23. The fourth-order valence-corrected chi connectivity index (χ4v) is 1.41. The summed E-state index contributed by atoms with van der Waals surface area (Å²) < 4.78 is 0. The van der Waals surface area contributed by atoms with Gasteiger partial charge in [0, 0.05) is 18.4 Å². The standard InChI is InChI=1S/C14H25N.C3H6.2C2H6/c1-8-9-15(10-11(2)3)14(7)13(6)12(4)5;1-3-2;2*1-2/h10H,4,8-9H2,1-3,5-7H3;3H,1H2,2H3;2*1-2H3/b14-13+;;;. The van der Waals surface area contributed by atoms with Crippen LogP contribution in [0.5, 0.6) is 0 Å². The van der Waals surface area contributed by atoms with Gasteiger partial charge in [-0.15, -0.1) is 6.58 Å². The summed E-state index contributed by atoms with van der Waals surface area (Å²) in [7, 11) is 0. The molecule has 0 fully saturated rings. The van der Waals surface area contributed by atoms with Gasteiger partial charge in [-0.3, -0.25) is 0 Å². The van der Waals surface area contributed by atoms with Crippen molar-refractivity contribution in [2.75, 3.05) is 6.54 Å². The molecule has 0 N–H and O–H groups in total. The van der Waals surface area contributed by atoms with Crippen LogP contribution in [0.15, 0.2) is 47.9 Å². The van der Waals surface area contributed by atoms with Crippen molar-refractivity contribution in [1.82, 2.24) is 4.90 Å². The van der Waals surface area contributed by atoms with E-state index < -0.39 is 0 Å². The van der Waals surface area contributed by atoms with E-state index >= 15 is 0 Å². The van der Waals surface area contributed by atoms with E-state index in [1.54, 1.807) is 6.08 Å². The Bertz CT molecular complexity index is 315. The second-order valence-electron chi connectivity index (χ2n) is 4.80. The van der Waals surface area contributed by atoms with Gasteiger partial charge in [-0.2, -0.15) is 0 Å². The molecule has 22 heavy (non-hydrogen) atoms. The second-order valence-corrected chi connectivity index (χ2v) is 4.80. The van der Waals surface area contributed by atoms with Crippen LogP contribution in [0.4, 0.5) is 0 Å². The van der Waals surface area contributed by atoms with Gasteiger partial charge < -0.3 is 4.90 Å². The summed E-state index contributed by atoms with van der Waals surface area (Å²) in [6.45, 7) is 31.1. The maximum absolute atomic E-state index is 3.99. The molecular weight excluding hydrogens is 266 g/mol. The van der Waals surface area contributed by atoms with Crippen molar-refractivity contribution in [2.24, 2.45) is 0 Å². The summed E-state index contributed by atoms with van der Waals surface area (Å²) in [6.07, 6.45) is 5.12. The normalized spacial score (nSPS) is 9.23. The number of nitrogens with zero attached hydrogens (tertiary/aromatic N) is 1. The molecule has 0 bridgehead atoms. The van der Waals surface area contributed by atoms with E-state index in [0.29, 0.717) is 0 Å². The molecule has 0 saturated carbocycles. The van der Waals surface area contributed by atoms with Gasteiger partial charge in [0.15, 0.2) is 0 Å². The molecule has 0 aromatic carbocycles. The third kappa shape index (κ3) is 18.8. The molecule has 1 heteroatoms. The molecule has 0 spiro atoms. The predicted octanol–water partition coefficient (Wildman–Crippen LogP) is 7.74. The highest BCUT2D eigenvalue weighted by molar-refractivity contribution is 5.29. The quantitative estimate of drug-likeness (QED) is 0.371. The number of rotatable bonds is 5. The SMILES string of the molecule is C=C(C)/C(C)=C(\C)N(C=C(C)C)CCC.C=CC.CC.CC. The van der Waals surface area contributed by atoms with Crippen LogP contribution in [-0.2, 0) is 0 Å². The van der Waals surface area contributed by atoms with Gasteiger partial charge in [0.2, 0.25) is 0 Å². The Balaban J connectivity index is -0.000000198. The molecule has 0 aliphatic carbocycles. The summed E-state index contributed by atoms with van der Waals surface area (Å²) in [5, 5.41) is 0. The average molecular weight is 310 g/mol. The number of hydrogen-bond donors (Lipinski definition) is 0. The highest BCUT2D eigenvalue weighted by Crippen LogP contribution is 2.17. The molecule has 0 rings (SSSR count). The monoisotopic (exact) mass is 309 g/mol. The van der Waals surface area contributed by atoms with Crippen LogP contribution in [0.1, 0.15) is 82.6 Å². The summed E-state index contributed by atoms with van der Waals surface area (Å²) >= 11 is 0. The van der Waals surface area contributed by atoms with Crippen LogP contribution < -0.4 is 0 Å². The van der Waals surface area contributed by atoms with E-state index in [1.807, 2.05) is 34.6 Å². The predicted molar refractivity (Wildman–Crippen MR) is 108 cm³/mol. The smallest absolute Gasteiger partial charge is 0.0219 e. The largest absolute Gasteiger partial charge is 0.352 e. The van der Waals surface area contributed by atoms with Crippen LogP contribution in [0.3, 0.4) is 0 Å². The summed E-state index contributed by atoms with van der Waals surface area (Å²) in [5.74, 6) is 0. The van der Waals surface area contributed by atoms with E-state index in [9.17, 15) is 0 Å². The highest BCUT2D eigenvalue weighted by atomic mass is 15.1. The average Bonchev–Trinajstić information content (AvgIpc) is 2.49. The van der Waals surface area contributed by atoms with Gasteiger partial charge in [-0.05, 0) is 53.5 Å². The molecule has 0 heterocycles. The zero-order valence-electron chi connectivity index (χ0n) is 17.4. The van der Waals surface area contributed by atoms with E-state index in [4.69, 9.17) is 0 Å². The molecule has 0 saturated heterocycles. The molecule has 0 radical (unpaired) electrons. The van der Waals surface area contributed by atoms with Crippen molar-refractivity contribution in [2.45, 2.75) is 82.6 Å². The highest BCUT2D eigenvalue weighted by Gasteiger charge is 2.05. The lowest BCUT2D eigenvalue weighted by Crippen LogP contribution is -2.17. The van der Waals surface area contributed by atoms with Crippen molar-refractivity contribution >= 4 is 0 Å². The van der Waals surface area contributed by atoms with Crippen LogP contribution in [-0.4, -0.2) is 11.4 Å². The molecule has 0 aromatic heterocycles. The minimum atomic E-state index is 1.07. The van der Waals surface area contributed by atoms with Crippen LogP contribution in [0.25, 0.3) is 0 Å². The summed E-state index contributed by atoms with van der Waals surface area (Å²) in [6, 6.07) is 0. The number of hydrogen-bond acceptors (Lipinski definition) is 1. The molecule has 0 atom stereocenters. The third-order valence-corrected chi connectivity index (χ3v) is 2.49. The van der Waals surface area contributed by atoms with E-state index in [0.717, 1.165) is 18.5 Å². The van der Waals surface area contributed by atoms with Gasteiger partial charge in [0.05, 0.1) is 0 Å². The fourth-order valence-electron chi connectivity index (χ4n) is 1.41. The maximum Gasteiger partial charge on any atom is 0.0219 e. The van der Waals surface area contributed by atoms with Gasteiger partial charge in [0.25, 0.3) is 0 Å². The topological polar surface area (TPSA) is 3.24 Å². The van der Waals surface area contributed by atoms with Crippen molar-refractivity contribution in [3.63, 3.8) is 0 Å². The zero-order valence-corrected chi connectivity index (χ0v) is 17.4. The van der Waals surface area contributed by atoms with Crippen molar-refractivity contribution in [1.29, 1.82) is 0 Å². The molecule has 0 aromatic rings. The Hall–Kier alpha value is -1.24. The lowest BCUT2D eigenvalue weighted by molar-refractivity contribution is 0.455. The molecule has 0 aliphatic rings. The molecule has 132 valence electrons. The fraction of sp³-hybridized carbons (Fsp3) is 0.619. The minimum absolute atomic E-state index is 1.07. The van der Waals surface area contributed by atoms with Crippen LogP contribution in [0, 0.1) is 0 Å². The Morgan fingerprint density at radius 3 is 1.55 bits per heavy atom. The van der Waals surface area contributed by atoms with Crippen molar-refractivity contribution < 1.29 is 0 Å². The van der Waals surface area contributed by atoms with E-state index in [2.05, 4.69) is 65.8 Å². The zero-order chi connectivity index (χ0) is 18.7. The van der Waals surface area contributed by atoms with Crippen LogP contribution in [0.2, 0.25) is 0 Å². The molecule has 0 amide bonds. The first-order valence-corrected chi connectivity index (χ1v) is 8.63. The van der Waals surface area contributed by atoms with E-state index in [-0.39, 0.29) is 0 Å². The summed E-state index contributed by atoms with van der Waals surface area (Å²) in [4.78, 5) is 2.32. The van der Waals surface area contributed by atoms with Gasteiger partial charge >= 0.3 is 0 Å². The minimum Gasteiger partial charge on any atom is -0.352 e. The van der Waals surface area contributed by atoms with Gasteiger partial charge in [0.1, 0.15) is 0 Å².